The predicted molar refractivity (Wildman–Crippen MR) is 66.0 cm³/mol. The van der Waals surface area contributed by atoms with Gasteiger partial charge in [0.05, 0.1) is 0 Å². The van der Waals surface area contributed by atoms with Crippen molar-refractivity contribution >= 4 is 11.8 Å². The third kappa shape index (κ3) is 4.22. The number of hydrogen-bond acceptors (Lipinski definition) is 2. The van der Waals surface area contributed by atoms with Gasteiger partial charge in [-0.2, -0.15) is 11.8 Å². The highest BCUT2D eigenvalue weighted by Gasteiger charge is 2.09. The summed E-state index contributed by atoms with van der Waals surface area (Å²) in [5.74, 6) is 1.02. The van der Waals surface area contributed by atoms with E-state index in [9.17, 15) is 4.39 Å². The molecule has 0 saturated heterocycles. The minimum atomic E-state index is -0.0955. The predicted octanol–water partition coefficient (Wildman–Crippen LogP) is 2.71. The van der Waals surface area contributed by atoms with Crippen molar-refractivity contribution in [2.45, 2.75) is 18.9 Å². The molecule has 0 saturated carbocycles. The zero-order chi connectivity index (χ0) is 11.1. The van der Waals surface area contributed by atoms with Crippen LogP contribution in [0.2, 0.25) is 0 Å². The Bertz CT molecular complexity index is 291. The molecule has 1 atom stereocenters. The van der Waals surface area contributed by atoms with E-state index in [1.165, 1.54) is 6.07 Å². The molecule has 0 spiro atoms. The van der Waals surface area contributed by atoms with Gasteiger partial charge in [0.25, 0.3) is 0 Å². The van der Waals surface area contributed by atoms with E-state index in [-0.39, 0.29) is 5.82 Å². The number of halogens is 1. The highest BCUT2D eigenvalue weighted by Crippen LogP contribution is 2.11. The molecule has 1 nitrogen and oxygen atoms in total. The van der Waals surface area contributed by atoms with Crippen LogP contribution in [-0.2, 0) is 6.42 Å². The normalized spacial score (nSPS) is 12.7. The van der Waals surface area contributed by atoms with Crippen molar-refractivity contribution < 1.29 is 4.39 Å². The first-order valence-corrected chi connectivity index (χ1v) is 6.57. The number of rotatable bonds is 6. The van der Waals surface area contributed by atoms with Crippen LogP contribution in [0.3, 0.4) is 0 Å². The van der Waals surface area contributed by atoms with Crippen molar-refractivity contribution in [1.29, 1.82) is 0 Å². The molecule has 3 heteroatoms. The Morgan fingerprint density at radius 3 is 2.73 bits per heavy atom. The van der Waals surface area contributed by atoms with Gasteiger partial charge in [0, 0.05) is 6.04 Å². The van der Waals surface area contributed by atoms with Gasteiger partial charge < -0.3 is 5.32 Å². The molecule has 0 aliphatic carbocycles. The summed E-state index contributed by atoms with van der Waals surface area (Å²) in [7, 11) is 1.94. The Balaban J connectivity index is 2.54. The van der Waals surface area contributed by atoms with Crippen LogP contribution in [0.1, 0.15) is 12.0 Å². The van der Waals surface area contributed by atoms with Crippen LogP contribution in [0.5, 0.6) is 0 Å². The standard InChI is InChI=1S/C12H18FNS/c1-14-11(7-8-15-2)9-10-5-3-4-6-12(10)13/h3-6,11,14H,7-9H2,1-2H3. The van der Waals surface area contributed by atoms with Crippen molar-refractivity contribution in [3.63, 3.8) is 0 Å². The second kappa shape index (κ2) is 6.85. The average Bonchev–Trinajstić information content (AvgIpc) is 2.26. The molecule has 0 bridgehead atoms. The monoisotopic (exact) mass is 227 g/mol. The maximum Gasteiger partial charge on any atom is 0.126 e. The minimum Gasteiger partial charge on any atom is -0.317 e. The van der Waals surface area contributed by atoms with Crippen LogP contribution in [0.25, 0.3) is 0 Å². The van der Waals surface area contributed by atoms with Crippen LogP contribution in [0, 0.1) is 5.82 Å². The van der Waals surface area contributed by atoms with Crippen LogP contribution >= 0.6 is 11.8 Å². The smallest absolute Gasteiger partial charge is 0.126 e. The van der Waals surface area contributed by atoms with Gasteiger partial charge in [0.1, 0.15) is 5.82 Å². The molecule has 0 amide bonds. The fourth-order valence-corrected chi connectivity index (χ4v) is 2.06. The maximum absolute atomic E-state index is 13.4. The molecule has 1 rings (SSSR count). The zero-order valence-electron chi connectivity index (χ0n) is 9.29. The largest absolute Gasteiger partial charge is 0.317 e. The van der Waals surface area contributed by atoms with E-state index in [4.69, 9.17) is 0 Å². The summed E-state index contributed by atoms with van der Waals surface area (Å²) < 4.78 is 13.4. The van der Waals surface area contributed by atoms with E-state index in [2.05, 4.69) is 11.6 Å². The van der Waals surface area contributed by atoms with Crippen molar-refractivity contribution in [1.82, 2.24) is 5.32 Å². The molecular formula is C12H18FNS. The third-order valence-electron chi connectivity index (χ3n) is 2.50. The quantitative estimate of drug-likeness (QED) is 0.802. The third-order valence-corrected chi connectivity index (χ3v) is 3.15. The lowest BCUT2D eigenvalue weighted by Gasteiger charge is -2.15. The molecule has 0 fully saturated rings. The highest BCUT2D eigenvalue weighted by molar-refractivity contribution is 7.98. The molecule has 0 aromatic heterocycles. The Kier molecular flexibility index (Phi) is 5.73. The Morgan fingerprint density at radius 1 is 1.40 bits per heavy atom. The van der Waals surface area contributed by atoms with Gasteiger partial charge in [-0.05, 0) is 43.5 Å². The first-order chi connectivity index (χ1) is 7.27. The van der Waals surface area contributed by atoms with Crippen molar-refractivity contribution in [3.05, 3.63) is 35.6 Å². The summed E-state index contributed by atoms with van der Waals surface area (Å²) in [6, 6.07) is 7.37. The fourth-order valence-electron chi connectivity index (χ4n) is 1.54. The number of benzene rings is 1. The maximum atomic E-state index is 13.4. The lowest BCUT2D eigenvalue weighted by Crippen LogP contribution is -2.28. The molecule has 1 aromatic carbocycles. The Hall–Kier alpha value is -0.540. The summed E-state index contributed by atoms with van der Waals surface area (Å²) in [5, 5.41) is 3.23. The van der Waals surface area contributed by atoms with Crippen LogP contribution in [0.15, 0.2) is 24.3 Å². The fraction of sp³-hybridized carbons (Fsp3) is 0.500. The average molecular weight is 227 g/mol. The summed E-state index contributed by atoms with van der Waals surface area (Å²) in [6.45, 7) is 0. The van der Waals surface area contributed by atoms with Gasteiger partial charge in [-0.1, -0.05) is 18.2 Å². The molecule has 0 aliphatic rings. The van der Waals surface area contributed by atoms with Gasteiger partial charge in [-0.3, -0.25) is 0 Å². The van der Waals surface area contributed by atoms with Crippen LogP contribution in [0.4, 0.5) is 4.39 Å². The number of nitrogens with one attached hydrogen (secondary N) is 1. The SMILES string of the molecule is CNC(CCSC)Cc1ccccc1F. The second-order valence-electron chi connectivity index (χ2n) is 3.56. The van der Waals surface area contributed by atoms with Crippen LogP contribution in [-0.4, -0.2) is 25.1 Å². The Labute approximate surface area is 95.5 Å². The second-order valence-corrected chi connectivity index (χ2v) is 4.55. The lowest BCUT2D eigenvalue weighted by atomic mass is 10.0. The van der Waals surface area contributed by atoms with E-state index in [0.29, 0.717) is 6.04 Å². The highest BCUT2D eigenvalue weighted by atomic mass is 32.2. The molecule has 1 unspecified atom stereocenters. The number of likely N-dealkylation sites (N-methyl/N-ethyl adjacent to an activating group) is 1. The summed E-state index contributed by atoms with van der Waals surface area (Å²) in [6.07, 6.45) is 3.94. The minimum absolute atomic E-state index is 0.0955. The molecule has 15 heavy (non-hydrogen) atoms. The topological polar surface area (TPSA) is 12.0 Å². The lowest BCUT2D eigenvalue weighted by molar-refractivity contribution is 0.525. The molecule has 0 aliphatic heterocycles. The van der Waals surface area contributed by atoms with Gasteiger partial charge in [-0.15, -0.1) is 0 Å². The molecule has 0 heterocycles. The molecule has 84 valence electrons. The molecule has 0 radical (unpaired) electrons. The first-order valence-electron chi connectivity index (χ1n) is 5.17. The van der Waals surface area contributed by atoms with Gasteiger partial charge in [0.15, 0.2) is 0 Å². The van der Waals surface area contributed by atoms with Gasteiger partial charge in [-0.25, -0.2) is 4.39 Å². The van der Waals surface area contributed by atoms with E-state index >= 15 is 0 Å². The first kappa shape index (κ1) is 12.5. The summed E-state index contributed by atoms with van der Waals surface area (Å²) in [5.41, 5.74) is 0.804. The molecule has 1 N–H and O–H groups in total. The van der Waals surface area contributed by atoms with Crippen LogP contribution < -0.4 is 5.32 Å². The van der Waals surface area contributed by atoms with E-state index in [0.717, 1.165) is 24.2 Å². The zero-order valence-corrected chi connectivity index (χ0v) is 10.1. The summed E-state index contributed by atoms with van der Waals surface area (Å²) in [4.78, 5) is 0. The molecule has 1 aromatic rings. The van der Waals surface area contributed by atoms with Gasteiger partial charge >= 0.3 is 0 Å². The number of thioether (sulfide) groups is 1. The van der Waals surface area contributed by atoms with Crippen molar-refractivity contribution in [2.75, 3.05) is 19.1 Å². The van der Waals surface area contributed by atoms with E-state index < -0.39 is 0 Å². The van der Waals surface area contributed by atoms with Gasteiger partial charge in [0.2, 0.25) is 0 Å². The van der Waals surface area contributed by atoms with E-state index in [1.807, 2.05) is 30.9 Å². The number of hydrogen-bond donors (Lipinski definition) is 1. The molecular weight excluding hydrogens is 209 g/mol. The Morgan fingerprint density at radius 2 is 2.13 bits per heavy atom. The van der Waals surface area contributed by atoms with Crippen molar-refractivity contribution in [3.8, 4) is 0 Å². The summed E-state index contributed by atoms with van der Waals surface area (Å²) >= 11 is 1.83. The van der Waals surface area contributed by atoms with Crippen molar-refractivity contribution in [2.24, 2.45) is 0 Å². The van der Waals surface area contributed by atoms with E-state index in [1.54, 1.807) is 6.07 Å².